The molecule has 1 fully saturated rings. The van der Waals surface area contributed by atoms with Crippen molar-refractivity contribution in [3.05, 3.63) is 59.4 Å². The van der Waals surface area contributed by atoms with Gasteiger partial charge < -0.3 is 4.90 Å². The molecule has 0 radical (unpaired) electrons. The molecule has 1 aliphatic rings. The van der Waals surface area contributed by atoms with Crippen LogP contribution >= 0.6 is 0 Å². The first-order valence-electron chi connectivity index (χ1n) is 8.50. The standard InChI is InChI=1S/C19H22FN3O/c1-2-18-17(12-21-13-22-18)19(24)23-8-6-14(7-9-23)10-15-4-3-5-16(20)11-15/h3-5,11-14H,2,6-10H2,1H3. The van der Waals surface area contributed by atoms with Crippen LogP contribution in [0.3, 0.4) is 0 Å². The van der Waals surface area contributed by atoms with Crippen molar-refractivity contribution in [1.29, 1.82) is 0 Å². The number of hydrogen-bond acceptors (Lipinski definition) is 3. The van der Waals surface area contributed by atoms with Gasteiger partial charge in [-0.2, -0.15) is 0 Å². The SMILES string of the molecule is CCc1ncncc1C(=O)N1CCC(Cc2cccc(F)c2)CC1. The molecule has 1 amide bonds. The van der Waals surface area contributed by atoms with Gasteiger partial charge in [-0.05, 0) is 49.3 Å². The van der Waals surface area contributed by atoms with Gasteiger partial charge in [0, 0.05) is 19.3 Å². The first-order chi connectivity index (χ1) is 11.7. The van der Waals surface area contributed by atoms with Crippen LogP contribution in [-0.4, -0.2) is 33.9 Å². The minimum Gasteiger partial charge on any atom is -0.339 e. The van der Waals surface area contributed by atoms with Gasteiger partial charge in [0.25, 0.3) is 5.91 Å². The van der Waals surface area contributed by atoms with Crippen LogP contribution in [0.1, 0.15) is 41.4 Å². The lowest BCUT2D eigenvalue weighted by Crippen LogP contribution is -2.39. The molecule has 0 aliphatic carbocycles. The highest BCUT2D eigenvalue weighted by Gasteiger charge is 2.25. The fraction of sp³-hybridized carbons (Fsp3) is 0.421. The molecule has 0 N–H and O–H groups in total. The van der Waals surface area contributed by atoms with Crippen LogP contribution in [-0.2, 0) is 12.8 Å². The number of aryl methyl sites for hydroxylation is 1. The Hall–Kier alpha value is -2.30. The molecule has 126 valence electrons. The fourth-order valence-electron chi connectivity index (χ4n) is 3.32. The maximum absolute atomic E-state index is 13.3. The number of rotatable bonds is 4. The Morgan fingerprint density at radius 2 is 2.12 bits per heavy atom. The zero-order chi connectivity index (χ0) is 16.9. The number of hydrogen-bond donors (Lipinski definition) is 0. The second-order valence-corrected chi connectivity index (χ2v) is 6.31. The molecule has 0 atom stereocenters. The van der Waals surface area contributed by atoms with Crippen LogP contribution in [0.25, 0.3) is 0 Å². The van der Waals surface area contributed by atoms with Crippen LogP contribution in [0.5, 0.6) is 0 Å². The molecule has 1 aromatic carbocycles. The van der Waals surface area contributed by atoms with Gasteiger partial charge in [-0.1, -0.05) is 19.1 Å². The van der Waals surface area contributed by atoms with Gasteiger partial charge in [0.15, 0.2) is 0 Å². The number of nitrogens with zero attached hydrogens (tertiary/aromatic N) is 3. The molecule has 2 aromatic rings. The zero-order valence-corrected chi connectivity index (χ0v) is 13.9. The molecule has 1 aliphatic heterocycles. The topological polar surface area (TPSA) is 46.1 Å². The maximum Gasteiger partial charge on any atom is 0.257 e. The molecule has 0 bridgehead atoms. The summed E-state index contributed by atoms with van der Waals surface area (Å²) in [5.74, 6) is 0.335. The summed E-state index contributed by atoms with van der Waals surface area (Å²) in [5.41, 5.74) is 2.45. The molecule has 1 saturated heterocycles. The van der Waals surface area contributed by atoms with Crippen molar-refractivity contribution < 1.29 is 9.18 Å². The van der Waals surface area contributed by atoms with E-state index < -0.39 is 0 Å². The second-order valence-electron chi connectivity index (χ2n) is 6.31. The van der Waals surface area contributed by atoms with Crippen molar-refractivity contribution in [2.75, 3.05) is 13.1 Å². The molecule has 5 heteroatoms. The number of carbonyl (C=O) groups is 1. The van der Waals surface area contributed by atoms with Crippen molar-refractivity contribution in [1.82, 2.24) is 14.9 Å². The van der Waals surface area contributed by atoms with Gasteiger partial charge in [0.05, 0.1) is 11.3 Å². The maximum atomic E-state index is 13.3. The van der Waals surface area contributed by atoms with E-state index in [9.17, 15) is 9.18 Å². The van der Waals surface area contributed by atoms with E-state index in [4.69, 9.17) is 0 Å². The third-order valence-corrected chi connectivity index (χ3v) is 4.68. The van der Waals surface area contributed by atoms with Crippen LogP contribution in [0.15, 0.2) is 36.8 Å². The third kappa shape index (κ3) is 3.78. The monoisotopic (exact) mass is 327 g/mol. The van der Waals surface area contributed by atoms with Crippen LogP contribution < -0.4 is 0 Å². The summed E-state index contributed by atoms with van der Waals surface area (Å²) in [6, 6.07) is 6.80. The Kier molecular flexibility index (Phi) is 5.18. The van der Waals surface area contributed by atoms with E-state index in [1.807, 2.05) is 17.9 Å². The normalized spacial score (nSPS) is 15.5. The average molecular weight is 327 g/mol. The first kappa shape index (κ1) is 16.6. The van der Waals surface area contributed by atoms with E-state index in [2.05, 4.69) is 9.97 Å². The van der Waals surface area contributed by atoms with E-state index in [0.29, 0.717) is 11.5 Å². The van der Waals surface area contributed by atoms with Crippen molar-refractivity contribution in [2.24, 2.45) is 5.92 Å². The first-order valence-corrected chi connectivity index (χ1v) is 8.50. The van der Waals surface area contributed by atoms with Crippen molar-refractivity contribution >= 4 is 5.91 Å². The number of amides is 1. The minimum atomic E-state index is -0.184. The molecular formula is C19H22FN3O. The van der Waals surface area contributed by atoms with Gasteiger partial charge >= 0.3 is 0 Å². The Labute approximate surface area is 141 Å². The number of benzene rings is 1. The summed E-state index contributed by atoms with van der Waals surface area (Å²) >= 11 is 0. The van der Waals surface area contributed by atoms with Gasteiger partial charge in [0.2, 0.25) is 0 Å². The minimum absolute atomic E-state index is 0.0247. The van der Waals surface area contributed by atoms with E-state index in [-0.39, 0.29) is 11.7 Å². The Morgan fingerprint density at radius 3 is 2.83 bits per heavy atom. The molecule has 3 rings (SSSR count). The fourth-order valence-corrected chi connectivity index (χ4v) is 3.32. The van der Waals surface area contributed by atoms with E-state index in [1.165, 1.54) is 12.4 Å². The van der Waals surface area contributed by atoms with Crippen molar-refractivity contribution in [3.63, 3.8) is 0 Å². The van der Waals surface area contributed by atoms with Gasteiger partial charge in [-0.25, -0.2) is 14.4 Å². The highest BCUT2D eigenvalue weighted by atomic mass is 19.1. The largest absolute Gasteiger partial charge is 0.339 e. The summed E-state index contributed by atoms with van der Waals surface area (Å²) in [6.07, 6.45) is 6.58. The molecule has 1 aromatic heterocycles. The third-order valence-electron chi connectivity index (χ3n) is 4.68. The summed E-state index contributed by atoms with van der Waals surface area (Å²) < 4.78 is 13.3. The second kappa shape index (κ2) is 7.51. The summed E-state index contributed by atoms with van der Waals surface area (Å²) in [7, 11) is 0. The predicted molar refractivity (Wildman–Crippen MR) is 90.1 cm³/mol. The van der Waals surface area contributed by atoms with Crippen LogP contribution in [0.2, 0.25) is 0 Å². The highest BCUT2D eigenvalue weighted by Crippen LogP contribution is 2.23. The Morgan fingerprint density at radius 1 is 1.33 bits per heavy atom. The van der Waals surface area contributed by atoms with Crippen LogP contribution in [0, 0.1) is 11.7 Å². The van der Waals surface area contributed by atoms with Gasteiger partial charge in [-0.15, -0.1) is 0 Å². The number of likely N-dealkylation sites (tertiary alicyclic amines) is 1. The molecule has 2 heterocycles. The Balaban J connectivity index is 1.59. The Bertz CT molecular complexity index is 711. The lowest BCUT2D eigenvalue weighted by molar-refractivity contribution is 0.0688. The molecule has 24 heavy (non-hydrogen) atoms. The number of halogens is 1. The molecule has 0 saturated carbocycles. The van der Waals surface area contributed by atoms with E-state index in [0.717, 1.165) is 50.0 Å². The van der Waals surface area contributed by atoms with Crippen LogP contribution in [0.4, 0.5) is 4.39 Å². The lowest BCUT2D eigenvalue weighted by Gasteiger charge is -2.32. The highest BCUT2D eigenvalue weighted by molar-refractivity contribution is 5.95. The number of piperidine rings is 1. The summed E-state index contributed by atoms with van der Waals surface area (Å²) in [6.45, 7) is 3.46. The summed E-state index contributed by atoms with van der Waals surface area (Å²) in [4.78, 5) is 22.8. The quantitative estimate of drug-likeness (QED) is 0.866. The van der Waals surface area contributed by atoms with Crippen molar-refractivity contribution in [3.8, 4) is 0 Å². The predicted octanol–water partition coefficient (Wildman–Crippen LogP) is 3.27. The molecule has 4 nitrogen and oxygen atoms in total. The lowest BCUT2D eigenvalue weighted by atomic mass is 9.90. The molecular weight excluding hydrogens is 305 g/mol. The average Bonchev–Trinajstić information content (AvgIpc) is 2.62. The molecule has 0 spiro atoms. The van der Waals surface area contributed by atoms with Crippen molar-refractivity contribution in [2.45, 2.75) is 32.6 Å². The van der Waals surface area contributed by atoms with Gasteiger partial charge in [-0.3, -0.25) is 4.79 Å². The smallest absolute Gasteiger partial charge is 0.257 e. The molecule has 0 unspecified atom stereocenters. The van der Waals surface area contributed by atoms with E-state index in [1.54, 1.807) is 18.3 Å². The number of aromatic nitrogens is 2. The number of carbonyl (C=O) groups excluding carboxylic acids is 1. The van der Waals surface area contributed by atoms with E-state index >= 15 is 0 Å². The zero-order valence-electron chi connectivity index (χ0n) is 13.9. The summed E-state index contributed by atoms with van der Waals surface area (Å²) in [5, 5.41) is 0. The van der Waals surface area contributed by atoms with Gasteiger partial charge in [0.1, 0.15) is 12.1 Å².